The first-order chi connectivity index (χ1) is 6.73. The van der Waals surface area contributed by atoms with Gasteiger partial charge in [0.15, 0.2) is 4.90 Å². The van der Waals surface area contributed by atoms with E-state index in [4.69, 9.17) is 16.7 Å². The summed E-state index contributed by atoms with van der Waals surface area (Å²) in [5.41, 5.74) is -0.459. The first kappa shape index (κ1) is 11.9. The third-order valence-corrected chi connectivity index (χ3v) is 3.02. The Kier molecular flexibility index (Phi) is 2.98. The third kappa shape index (κ3) is 2.44. The quantitative estimate of drug-likeness (QED) is 0.629. The summed E-state index contributed by atoms with van der Waals surface area (Å²) in [6, 6.07) is 2.25. The molecule has 0 fully saturated rings. The summed E-state index contributed by atoms with van der Waals surface area (Å²) in [4.78, 5) is 9.26. The van der Waals surface area contributed by atoms with Crippen LogP contribution in [0.25, 0.3) is 0 Å². The van der Waals surface area contributed by atoms with Crippen LogP contribution >= 0.6 is 11.6 Å². The van der Waals surface area contributed by atoms with E-state index in [1.807, 2.05) is 0 Å². The second-order valence-corrected chi connectivity index (χ2v) is 4.81. The lowest BCUT2D eigenvalue weighted by Gasteiger charge is -2.04. The zero-order chi connectivity index (χ0) is 11.8. The van der Waals surface area contributed by atoms with Gasteiger partial charge in [0.1, 0.15) is 0 Å². The van der Waals surface area contributed by atoms with Crippen LogP contribution in [-0.2, 0) is 10.0 Å². The Morgan fingerprint density at radius 1 is 1.47 bits per heavy atom. The van der Waals surface area contributed by atoms with Crippen molar-refractivity contribution in [2.75, 3.05) is 0 Å². The molecule has 1 aromatic rings. The molecule has 0 unspecified atom stereocenters. The molecule has 0 atom stereocenters. The number of nitrogens with two attached hydrogens (primary N) is 1. The zero-order valence-corrected chi connectivity index (χ0v) is 9.17. The van der Waals surface area contributed by atoms with Gasteiger partial charge in [-0.3, -0.25) is 10.1 Å². The smallest absolute Gasteiger partial charge is 0.258 e. The highest BCUT2D eigenvalue weighted by Crippen LogP contribution is 2.29. The largest absolute Gasteiger partial charge is 0.291 e. The monoisotopic (exact) mass is 250 g/mol. The molecule has 0 spiro atoms. The fourth-order valence-corrected chi connectivity index (χ4v) is 2.42. The number of nitro benzene ring substituents is 1. The number of hydrogen-bond donors (Lipinski definition) is 1. The summed E-state index contributed by atoms with van der Waals surface area (Å²) in [6.07, 6.45) is 0. The Bertz CT molecular complexity index is 526. The van der Waals surface area contributed by atoms with Crippen LogP contribution in [0.15, 0.2) is 17.0 Å². The number of benzene rings is 1. The third-order valence-electron chi connectivity index (χ3n) is 1.70. The lowest BCUT2D eigenvalue weighted by Crippen LogP contribution is -2.15. The molecule has 0 aliphatic rings. The van der Waals surface area contributed by atoms with E-state index in [1.165, 1.54) is 13.0 Å². The maximum absolute atomic E-state index is 11.1. The fraction of sp³-hybridized carbons (Fsp3) is 0.143. The van der Waals surface area contributed by atoms with Crippen molar-refractivity contribution in [1.82, 2.24) is 0 Å². The van der Waals surface area contributed by atoms with Crippen LogP contribution in [0, 0.1) is 17.0 Å². The molecule has 1 rings (SSSR count). The van der Waals surface area contributed by atoms with Crippen molar-refractivity contribution in [2.45, 2.75) is 11.8 Å². The minimum atomic E-state index is -4.13. The lowest BCUT2D eigenvalue weighted by atomic mass is 10.2. The maximum Gasteiger partial charge on any atom is 0.291 e. The van der Waals surface area contributed by atoms with Crippen molar-refractivity contribution in [3.63, 3.8) is 0 Å². The van der Waals surface area contributed by atoms with Gasteiger partial charge < -0.3 is 0 Å². The minimum Gasteiger partial charge on any atom is -0.258 e. The average molecular weight is 251 g/mol. The molecular weight excluding hydrogens is 244 g/mol. The standard InChI is InChI=1S/C7H7ClN2O4S/c1-4-2-5(8)3-6(10(11)12)7(4)15(9,13)14/h2-3H,1H3,(H2,9,13,14). The molecular formula is C7H7ClN2O4S. The van der Waals surface area contributed by atoms with Crippen LogP contribution in [0.4, 0.5) is 5.69 Å². The predicted molar refractivity (Wildman–Crippen MR) is 54.2 cm³/mol. The normalized spacial score (nSPS) is 11.4. The summed E-state index contributed by atoms with van der Waals surface area (Å²) in [5, 5.41) is 15.6. The van der Waals surface area contributed by atoms with Gasteiger partial charge in [0.25, 0.3) is 5.69 Å². The Morgan fingerprint density at radius 3 is 2.40 bits per heavy atom. The van der Waals surface area contributed by atoms with Crippen LogP contribution in [-0.4, -0.2) is 13.3 Å². The number of hydrogen-bond acceptors (Lipinski definition) is 4. The topological polar surface area (TPSA) is 103 Å². The van der Waals surface area contributed by atoms with Crippen molar-refractivity contribution in [3.8, 4) is 0 Å². The molecule has 1 aromatic carbocycles. The molecule has 0 aliphatic heterocycles. The number of nitro groups is 1. The molecule has 82 valence electrons. The highest BCUT2D eigenvalue weighted by molar-refractivity contribution is 7.89. The Balaban J connectivity index is 3.70. The molecule has 15 heavy (non-hydrogen) atoms. The maximum atomic E-state index is 11.1. The molecule has 0 heterocycles. The number of halogens is 1. The Labute approximate surface area is 90.9 Å². The van der Waals surface area contributed by atoms with Gasteiger partial charge in [0.2, 0.25) is 10.0 Å². The summed E-state index contributed by atoms with van der Waals surface area (Å²) in [7, 11) is -4.13. The van der Waals surface area contributed by atoms with E-state index in [1.54, 1.807) is 0 Å². The van der Waals surface area contributed by atoms with Gasteiger partial charge in [-0.05, 0) is 18.6 Å². The molecule has 0 saturated carbocycles. The predicted octanol–water partition coefficient (Wildman–Crippen LogP) is 1.20. The second kappa shape index (κ2) is 3.76. The fourth-order valence-electron chi connectivity index (χ4n) is 1.22. The van der Waals surface area contributed by atoms with Crippen LogP contribution in [0.5, 0.6) is 0 Å². The van der Waals surface area contributed by atoms with Gasteiger partial charge in [-0.1, -0.05) is 11.6 Å². The summed E-state index contributed by atoms with van der Waals surface area (Å²) < 4.78 is 22.2. The van der Waals surface area contributed by atoms with Crippen LogP contribution in [0.1, 0.15) is 5.56 Å². The molecule has 0 aromatic heterocycles. The van der Waals surface area contributed by atoms with E-state index in [9.17, 15) is 18.5 Å². The van der Waals surface area contributed by atoms with Gasteiger partial charge in [-0.15, -0.1) is 0 Å². The van der Waals surface area contributed by atoms with Gasteiger partial charge in [-0.2, -0.15) is 0 Å². The van der Waals surface area contributed by atoms with E-state index in [-0.39, 0.29) is 10.6 Å². The zero-order valence-electron chi connectivity index (χ0n) is 7.60. The Morgan fingerprint density at radius 2 is 2.00 bits per heavy atom. The van der Waals surface area contributed by atoms with Crippen LogP contribution in [0.3, 0.4) is 0 Å². The van der Waals surface area contributed by atoms with Crippen molar-refractivity contribution >= 4 is 27.3 Å². The summed E-state index contributed by atoms with van der Waals surface area (Å²) in [5.74, 6) is 0. The highest BCUT2D eigenvalue weighted by atomic mass is 35.5. The second-order valence-electron chi connectivity index (χ2n) is 2.87. The number of sulfonamides is 1. The van der Waals surface area contributed by atoms with Gasteiger partial charge in [0.05, 0.1) is 4.92 Å². The first-order valence-corrected chi connectivity index (χ1v) is 5.63. The van der Waals surface area contributed by atoms with E-state index >= 15 is 0 Å². The number of aryl methyl sites for hydroxylation is 1. The van der Waals surface area contributed by atoms with Crippen molar-refractivity contribution in [2.24, 2.45) is 5.14 Å². The molecule has 0 saturated heterocycles. The first-order valence-electron chi connectivity index (χ1n) is 3.71. The number of nitrogens with zero attached hydrogens (tertiary/aromatic N) is 1. The van der Waals surface area contributed by atoms with Crippen LogP contribution < -0.4 is 5.14 Å². The molecule has 0 aliphatic carbocycles. The molecule has 0 amide bonds. The lowest BCUT2D eigenvalue weighted by molar-refractivity contribution is -0.387. The summed E-state index contributed by atoms with van der Waals surface area (Å²) >= 11 is 5.58. The van der Waals surface area contributed by atoms with E-state index in [0.717, 1.165) is 6.07 Å². The van der Waals surface area contributed by atoms with Crippen molar-refractivity contribution in [3.05, 3.63) is 32.8 Å². The number of rotatable bonds is 2. The molecule has 0 radical (unpaired) electrons. The van der Waals surface area contributed by atoms with Gasteiger partial charge in [-0.25, -0.2) is 13.6 Å². The SMILES string of the molecule is Cc1cc(Cl)cc([N+](=O)[O-])c1S(N)(=O)=O. The minimum absolute atomic E-state index is 0.0894. The number of primary sulfonamides is 1. The molecule has 8 heteroatoms. The Hall–Kier alpha value is -1.18. The van der Waals surface area contributed by atoms with E-state index in [0.29, 0.717) is 0 Å². The summed E-state index contributed by atoms with van der Waals surface area (Å²) in [6.45, 7) is 1.39. The van der Waals surface area contributed by atoms with Crippen molar-refractivity contribution in [1.29, 1.82) is 0 Å². The van der Waals surface area contributed by atoms with Crippen LogP contribution in [0.2, 0.25) is 5.02 Å². The van der Waals surface area contributed by atoms with E-state index in [2.05, 4.69) is 0 Å². The van der Waals surface area contributed by atoms with Gasteiger partial charge in [0, 0.05) is 11.1 Å². The molecule has 6 nitrogen and oxygen atoms in total. The van der Waals surface area contributed by atoms with E-state index < -0.39 is 25.5 Å². The molecule has 0 bridgehead atoms. The van der Waals surface area contributed by atoms with Crippen molar-refractivity contribution < 1.29 is 13.3 Å². The van der Waals surface area contributed by atoms with Gasteiger partial charge >= 0.3 is 0 Å². The molecule has 2 N–H and O–H groups in total. The highest BCUT2D eigenvalue weighted by Gasteiger charge is 2.25. The average Bonchev–Trinajstić information content (AvgIpc) is 1.99.